The maximum atomic E-state index is 13.2. The smallest absolute Gasteiger partial charge is 0.319 e. The number of nitrogens with one attached hydrogen (secondary N) is 3. The third-order valence-corrected chi connectivity index (χ3v) is 8.75. The topological polar surface area (TPSA) is 96.9 Å². The van der Waals surface area contributed by atoms with Gasteiger partial charge < -0.3 is 34.9 Å². The van der Waals surface area contributed by atoms with Crippen LogP contribution >= 0.6 is 0 Å². The summed E-state index contributed by atoms with van der Waals surface area (Å²) < 4.78 is 14.0. The van der Waals surface area contributed by atoms with E-state index < -0.39 is 0 Å². The predicted octanol–water partition coefficient (Wildman–Crippen LogP) is 8.19. The van der Waals surface area contributed by atoms with Crippen molar-refractivity contribution in [3.63, 3.8) is 0 Å². The second-order valence-corrected chi connectivity index (χ2v) is 12.1. The summed E-state index contributed by atoms with van der Waals surface area (Å²) in [5.74, 6) is 1.47. The minimum absolute atomic E-state index is 0.126. The van der Waals surface area contributed by atoms with Crippen molar-refractivity contribution in [2.45, 2.75) is 71.9 Å². The van der Waals surface area contributed by atoms with Crippen LogP contribution in [0, 0.1) is 6.92 Å². The molecule has 244 valence electrons. The predicted molar refractivity (Wildman–Crippen MR) is 186 cm³/mol. The lowest BCUT2D eigenvalue weighted by Crippen LogP contribution is -2.37. The van der Waals surface area contributed by atoms with E-state index in [0.29, 0.717) is 34.2 Å². The number of aromatic nitrogens is 1. The number of fused-ring (bicyclic) bond motifs is 1. The van der Waals surface area contributed by atoms with E-state index >= 15 is 0 Å². The molecule has 0 spiro atoms. The first-order valence-corrected chi connectivity index (χ1v) is 16.5. The number of hydrogen-bond donors (Lipinski definition) is 3. The molecular formula is C37H47N5O4. The number of hydrogen-bond acceptors (Lipinski definition) is 5. The Morgan fingerprint density at radius 2 is 1.57 bits per heavy atom. The third-order valence-electron chi connectivity index (χ3n) is 8.75. The van der Waals surface area contributed by atoms with E-state index in [0.717, 1.165) is 48.8 Å². The Hall–Kier alpha value is -4.50. The molecule has 1 aromatic heterocycles. The molecule has 4 aromatic rings. The molecule has 46 heavy (non-hydrogen) atoms. The molecule has 0 aliphatic carbocycles. The number of piperidine rings is 1. The SMILES string of the molecule is CCC(CC)NC(=O)Nc1ccc(Oc2ccc(NC(=O)c3ccc4c(ccn4CCCN4CCCCC4)c3)cc2C)c(OC)c1. The molecular weight excluding hydrogens is 578 g/mol. The summed E-state index contributed by atoms with van der Waals surface area (Å²) in [4.78, 5) is 28.1. The summed E-state index contributed by atoms with van der Waals surface area (Å²) in [5, 5.41) is 9.91. The summed E-state index contributed by atoms with van der Waals surface area (Å²) in [6.07, 6.45) is 8.97. The maximum absolute atomic E-state index is 13.2. The first-order chi connectivity index (χ1) is 22.4. The largest absolute Gasteiger partial charge is 0.493 e. The van der Waals surface area contributed by atoms with Gasteiger partial charge in [0.15, 0.2) is 11.5 Å². The van der Waals surface area contributed by atoms with Crippen molar-refractivity contribution >= 4 is 34.2 Å². The highest BCUT2D eigenvalue weighted by Crippen LogP contribution is 2.36. The van der Waals surface area contributed by atoms with Crippen molar-refractivity contribution in [3.05, 3.63) is 78.0 Å². The Kier molecular flexibility index (Phi) is 11.2. The third kappa shape index (κ3) is 8.40. The Morgan fingerprint density at radius 1 is 0.826 bits per heavy atom. The first kappa shape index (κ1) is 32.9. The molecule has 1 aliphatic heterocycles. The van der Waals surface area contributed by atoms with Gasteiger partial charge >= 0.3 is 6.03 Å². The van der Waals surface area contributed by atoms with Gasteiger partial charge in [-0.1, -0.05) is 20.3 Å². The molecule has 3 amide bonds. The van der Waals surface area contributed by atoms with Gasteiger partial charge in [-0.3, -0.25) is 4.79 Å². The minimum atomic E-state index is -0.255. The Labute approximate surface area is 272 Å². The molecule has 9 nitrogen and oxygen atoms in total. The lowest BCUT2D eigenvalue weighted by Gasteiger charge is -2.26. The fourth-order valence-electron chi connectivity index (χ4n) is 6.02. The molecule has 1 aliphatic rings. The van der Waals surface area contributed by atoms with Crippen LogP contribution in [0.15, 0.2) is 66.9 Å². The zero-order valence-electron chi connectivity index (χ0n) is 27.5. The summed E-state index contributed by atoms with van der Waals surface area (Å²) in [6, 6.07) is 18.6. The summed E-state index contributed by atoms with van der Waals surface area (Å²) in [6.45, 7) is 10.6. The first-order valence-electron chi connectivity index (χ1n) is 16.5. The number of methoxy groups -OCH3 is 1. The van der Waals surface area contributed by atoms with E-state index in [9.17, 15) is 9.59 Å². The van der Waals surface area contributed by atoms with Crippen molar-refractivity contribution in [2.75, 3.05) is 37.4 Å². The van der Waals surface area contributed by atoms with Gasteiger partial charge in [-0.25, -0.2) is 4.79 Å². The molecule has 3 N–H and O–H groups in total. The van der Waals surface area contributed by atoms with Crippen molar-refractivity contribution in [1.82, 2.24) is 14.8 Å². The van der Waals surface area contributed by atoms with E-state index in [1.807, 2.05) is 57.2 Å². The van der Waals surface area contributed by atoms with Crippen LogP contribution in [0.25, 0.3) is 10.9 Å². The van der Waals surface area contributed by atoms with Gasteiger partial charge in [-0.05, 0) is 119 Å². The molecule has 9 heteroatoms. The van der Waals surface area contributed by atoms with Gasteiger partial charge in [-0.15, -0.1) is 0 Å². The van der Waals surface area contributed by atoms with Crippen molar-refractivity contribution in [3.8, 4) is 17.2 Å². The highest BCUT2D eigenvalue weighted by atomic mass is 16.5. The van der Waals surface area contributed by atoms with E-state index in [1.165, 1.54) is 32.4 Å². The Bertz CT molecular complexity index is 1640. The van der Waals surface area contributed by atoms with Gasteiger partial charge in [0.25, 0.3) is 5.91 Å². The van der Waals surface area contributed by atoms with E-state index in [1.54, 1.807) is 25.3 Å². The Balaban J connectivity index is 1.18. The second-order valence-electron chi connectivity index (χ2n) is 12.1. The number of nitrogens with zero attached hydrogens (tertiary/aromatic N) is 2. The Morgan fingerprint density at radius 3 is 2.28 bits per heavy atom. The number of benzene rings is 3. The van der Waals surface area contributed by atoms with E-state index in [4.69, 9.17) is 9.47 Å². The lowest BCUT2D eigenvalue weighted by atomic mass is 10.1. The molecule has 0 saturated carbocycles. The van der Waals surface area contributed by atoms with Gasteiger partial charge in [0.2, 0.25) is 0 Å². The quantitative estimate of drug-likeness (QED) is 0.139. The van der Waals surface area contributed by atoms with Crippen molar-refractivity contribution in [1.29, 1.82) is 0 Å². The monoisotopic (exact) mass is 625 g/mol. The molecule has 2 heterocycles. The van der Waals surface area contributed by atoms with Crippen LogP contribution < -0.4 is 25.4 Å². The van der Waals surface area contributed by atoms with Crippen LogP contribution in [0.4, 0.5) is 16.2 Å². The molecule has 5 rings (SSSR count). The number of carbonyl (C=O) groups is 2. The van der Waals surface area contributed by atoms with Crippen LogP contribution in [-0.4, -0.2) is 54.2 Å². The number of aryl methyl sites for hydroxylation is 2. The average molecular weight is 626 g/mol. The molecule has 1 fully saturated rings. The normalized spacial score (nSPS) is 13.5. The number of rotatable bonds is 13. The number of likely N-dealkylation sites (tertiary alicyclic amines) is 1. The standard InChI is InChI=1S/C37H47N5O4/c1-5-29(6-2)39-37(44)40-31-13-16-34(35(25-31)45-4)46-33-15-12-30(23-26(33)3)38-36(43)28-11-14-32-27(24-28)17-22-42(32)21-10-20-41-18-8-7-9-19-41/h11-17,22-25,29H,5-10,18-21H2,1-4H3,(H,38,43)(H2,39,40,44). The zero-order valence-corrected chi connectivity index (χ0v) is 27.5. The van der Waals surface area contributed by atoms with E-state index in [-0.39, 0.29) is 18.0 Å². The molecule has 0 atom stereocenters. The molecule has 0 unspecified atom stereocenters. The summed E-state index contributed by atoms with van der Waals surface area (Å²) in [7, 11) is 1.56. The van der Waals surface area contributed by atoms with Crippen LogP contribution in [0.5, 0.6) is 17.2 Å². The highest BCUT2D eigenvalue weighted by Gasteiger charge is 2.15. The highest BCUT2D eigenvalue weighted by molar-refractivity contribution is 6.06. The molecule has 3 aromatic carbocycles. The number of urea groups is 1. The number of ether oxygens (including phenoxy) is 2. The fraction of sp³-hybridized carbons (Fsp3) is 0.405. The molecule has 0 bridgehead atoms. The molecule has 1 saturated heterocycles. The minimum Gasteiger partial charge on any atom is -0.493 e. The van der Waals surface area contributed by atoms with Crippen molar-refractivity contribution < 1.29 is 19.1 Å². The van der Waals surface area contributed by atoms with Gasteiger partial charge in [0.05, 0.1) is 7.11 Å². The fourth-order valence-corrected chi connectivity index (χ4v) is 6.02. The van der Waals surface area contributed by atoms with Gasteiger partial charge in [0.1, 0.15) is 5.75 Å². The second kappa shape index (κ2) is 15.7. The maximum Gasteiger partial charge on any atom is 0.319 e. The summed E-state index contributed by atoms with van der Waals surface area (Å²) >= 11 is 0. The van der Waals surface area contributed by atoms with Crippen LogP contribution in [0.1, 0.15) is 68.3 Å². The van der Waals surface area contributed by atoms with Crippen LogP contribution in [0.2, 0.25) is 0 Å². The number of carbonyl (C=O) groups excluding carboxylic acids is 2. The zero-order chi connectivity index (χ0) is 32.5. The van der Waals surface area contributed by atoms with Gasteiger partial charge in [-0.2, -0.15) is 0 Å². The lowest BCUT2D eigenvalue weighted by molar-refractivity contribution is 0.102. The summed E-state index contributed by atoms with van der Waals surface area (Å²) in [5.41, 5.74) is 3.90. The van der Waals surface area contributed by atoms with Crippen LogP contribution in [0.3, 0.4) is 0 Å². The number of anilines is 2. The van der Waals surface area contributed by atoms with Crippen LogP contribution in [-0.2, 0) is 6.54 Å². The van der Waals surface area contributed by atoms with E-state index in [2.05, 4.69) is 37.7 Å². The number of amides is 3. The average Bonchev–Trinajstić information content (AvgIpc) is 3.48. The van der Waals surface area contributed by atoms with Gasteiger partial charge in [0, 0.05) is 52.7 Å². The van der Waals surface area contributed by atoms with Crippen molar-refractivity contribution in [2.24, 2.45) is 0 Å². The molecule has 0 radical (unpaired) electrons.